The van der Waals surface area contributed by atoms with Crippen molar-refractivity contribution in [3.63, 3.8) is 0 Å². The Morgan fingerprint density at radius 3 is 2.30 bits per heavy atom. The molecule has 6 heteroatoms. The fourth-order valence-electron chi connectivity index (χ4n) is 3.01. The molecule has 3 N–H and O–H groups in total. The monoisotopic (exact) mass is 389 g/mol. The van der Waals surface area contributed by atoms with Crippen molar-refractivity contribution in [2.45, 2.75) is 39.2 Å². The van der Waals surface area contributed by atoms with Crippen LogP contribution in [-0.4, -0.2) is 28.5 Å². The molecular weight excluding hydrogens is 366 g/mol. The molecule has 0 spiro atoms. The first-order valence-corrected chi connectivity index (χ1v) is 9.22. The minimum atomic E-state index is -1.95. The Morgan fingerprint density at radius 1 is 1.15 bits per heavy atom. The second kappa shape index (κ2) is 8.65. The van der Waals surface area contributed by atoms with Crippen LogP contribution < -0.4 is 5.32 Å². The van der Waals surface area contributed by atoms with Gasteiger partial charge in [-0.3, -0.25) is 9.59 Å². The van der Waals surface area contributed by atoms with E-state index in [1.165, 1.54) is 0 Å². The van der Waals surface area contributed by atoms with Crippen molar-refractivity contribution >= 4 is 29.0 Å². The molecular formula is C21H24ClNO4. The highest BCUT2D eigenvalue weighted by Gasteiger charge is 2.48. The van der Waals surface area contributed by atoms with Crippen molar-refractivity contribution in [2.75, 3.05) is 11.9 Å². The molecule has 0 fully saturated rings. The van der Waals surface area contributed by atoms with Gasteiger partial charge in [0.05, 0.1) is 12.1 Å². The smallest absolute Gasteiger partial charge is 0.261 e. The van der Waals surface area contributed by atoms with E-state index in [9.17, 15) is 14.7 Å². The van der Waals surface area contributed by atoms with Gasteiger partial charge in [-0.1, -0.05) is 48.9 Å². The number of carbonyl (C=O) groups excluding carboxylic acids is 2. The van der Waals surface area contributed by atoms with Gasteiger partial charge in [0, 0.05) is 22.8 Å². The van der Waals surface area contributed by atoms with E-state index in [1.807, 2.05) is 26.0 Å². The fraction of sp³-hybridized carbons (Fsp3) is 0.333. The second-order valence-corrected chi connectivity index (χ2v) is 6.80. The van der Waals surface area contributed by atoms with Gasteiger partial charge in [-0.05, 0) is 37.5 Å². The number of hydrogen-bond donors (Lipinski definition) is 3. The predicted octanol–water partition coefficient (Wildman–Crippen LogP) is 3.62. The van der Waals surface area contributed by atoms with Crippen molar-refractivity contribution in [2.24, 2.45) is 0 Å². The van der Waals surface area contributed by atoms with Crippen LogP contribution in [0, 0.1) is 6.92 Å². The lowest BCUT2D eigenvalue weighted by molar-refractivity contribution is -0.133. The normalized spacial score (nSPS) is 17.6. The van der Waals surface area contributed by atoms with Crippen LogP contribution in [0.15, 0.2) is 36.4 Å². The van der Waals surface area contributed by atoms with Gasteiger partial charge < -0.3 is 15.5 Å². The van der Waals surface area contributed by atoms with Crippen molar-refractivity contribution in [1.82, 2.24) is 0 Å². The molecule has 3 rings (SSSR count). The number of benzene rings is 2. The number of aliphatic hydroxyl groups is 2. The standard InChI is InChI=1S/C19H18ClNO3.C2H6O/c1-3-12-5-7-13(8-6-12)15(22)10-19(24)16-14(20)9-4-11(2)17(16)21-18(19)23;1-2-3/h4-9,24H,3,10H2,1-2H3,(H,21,23);3H,2H2,1H3. The fourth-order valence-corrected chi connectivity index (χ4v) is 3.32. The number of anilines is 1. The van der Waals surface area contributed by atoms with E-state index in [2.05, 4.69) is 5.32 Å². The molecule has 27 heavy (non-hydrogen) atoms. The van der Waals surface area contributed by atoms with Crippen molar-refractivity contribution in [1.29, 1.82) is 0 Å². The highest BCUT2D eigenvalue weighted by atomic mass is 35.5. The number of ketones is 1. The molecule has 0 bridgehead atoms. The molecule has 1 aliphatic heterocycles. The maximum Gasteiger partial charge on any atom is 0.261 e. The Kier molecular flexibility index (Phi) is 6.76. The zero-order valence-electron chi connectivity index (χ0n) is 15.7. The van der Waals surface area contributed by atoms with Gasteiger partial charge in [0.15, 0.2) is 11.4 Å². The van der Waals surface area contributed by atoms with Crippen LogP contribution in [-0.2, 0) is 16.8 Å². The Morgan fingerprint density at radius 2 is 1.74 bits per heavy atom. The largest absolute Gasteiger partial charge is 0.397 e. The molecule has 0 saturated carbocycles. The molecule has 1 aliphatic rings. The van der Waals surface area contributed by atoms with E-state index in [1.54, 1.807) is 31.2 Å². The number of Topliss-reactive ketones (excluding diaryl/α,β-unsaturated/α-hetero) is 1. The van der Waals surface area contributed by atoms with Crippen molar-refractivity contribution < 1.29 is 19.8 Å². The van der Waals surface area contributed by atoms with E-state index in [4.69, 9.17) is 16.7 Å². The van der Waals surface area contributed by atoms with E-state index < -0.39 is 11.5 Å². The first kappa shape index (κ1) is 21.1. The lowest BCUT2D eigenvalue weighted by Crippen LogP contribution is -2.36. The molecule has 0 saturated heterocycles. The highest BCUT2D eigenvalue weighted by Crippen LogP contribution is 2.44. The number of aryl methyl sites for hydroxylation is 2. The zero-order valence-corrected chi connectivity index (χ0v) is 16.4. The Labute approximate surface area is 164 Å². The minimum Gasteiger partial charge on any atom is -0.397 e. The van der Waals surface area contributed by atoms with Gasteiger partial charge in [0.1, 0.15) is 0 Å². The summed E-state index contributed by atoms with van der Waals surface area (Å²) in [4.78, 5) is 24.9. The Bertz CT molecular complexity index is 848. The SMILES string of the molecule is CCO.CCc1ccc(C(=O)CC2(O)C(=O)Nc3c(C)ccc(Cl)c32)cc1. The van der Waals surface area contributed by atoms with Gasteiger partial charge in [0.2, 0.25) is 0 Å². The maximum absolute atomic E-state index is 12.6. The van der Waals surface area contributed by atoms with Crippen LogP contribution in [0.1, 0.15) is 47.3 Å². The van der Waals surface area contributed by atoms with Crippen LogP contribution in [0.3, 0.4) is 0 Å². The van der Waals surface area contributed by atoms with Gasteiger partial charge >= 0.3 is 0 Å². The summed E-state index contributed by atoms with van der Waals surface area (Å²) in [6, 6.07) is 10.6. The van der Waals surface area contributed by atoms with E-state index in [-0.39, 0.29) is 29.4 Å². The molecule has 1 atom stereocenters. The first-order chi connectivity index (χ1) is 12.8. The average Bonchev–Trinajstić information content (AvgIpc) is 2.91. The molecule has 0 radical (unpaired) electrons. The Hall–Kier alpha value is -2.21. The third-order valence-electron chi connectivity index (χ3n) is 4.49. The number of amides is 1. The van der Waals surface area contributed by atoms with Crippen molar-refractivity contribution in [3.05, 3.63) is 63.7 Å². The number of nitrogens with one attached hydrogen (secondary N) is 1. The highest BCUT2D eigenvalue weighted by molar-refractivity contribution is 6.33. The summed E-state index contributed by atoms with van der Waals surface area (Å²) >= 11 is 6.20. The van der Waals surface area contributed by atoms with Gasteiger partial charge in [-0.2, -0.15) is 0 Å². The molecule has 1 heterocycles. The lowest BCUT2D eigenvalue weighted by Gasteiger charge is -2.21. The summed E-state index contributed by atoms with van der Waals surface area (Å²) in [5, 5.41) is 21.4. The Balaban J connectivity index is 0.000000817. The van der Waals surface area contributed by atoms with Crippen molar-refractivity contribution in [3.8, 4) is 0 Å². The molecule has 2 aromatic carbocycles. The molecule has 0 aliphatic carbocycles. The van der Waals surface area contributed by atoms with Gasteiger partial charge in [-0.15, -0.1) is 0 Å². The number of fused-ring (bicyclic) bond motifs is 1. The summed E-state index contributed by atoms with van der Waals surface area (Å²) in [5.41, 5.74) is 1.20. The number of hydrogen-bond acceptors (Lipinski definition) is 4. The molecule has 2 aromatic rings. The molecule has 144 valence electrons. The number of halogens is 1. The summed E-state index contributed by atoms with van der Waals surface area (Å²) in [5.74, 6) is -0.923. The summed E-state index contributed by atoms with van der Waals surface area (Å²) in [7, 11) is 0. The predicted molar refractivity (Wildman–Crippen MR) is 106 cm³/mol. The maximum atomic E-state index is 12.6. The second-order valence-electron chi connectivity index (χ2n) is 6.40. The van der Waals surface area contributed by atoms with Crippen LogP contribution in [0.5, 0.6) is 0 Å². The number of aliphatic hydroxyl groups excluding tert-OH is 1. The lowest BCUT2D eigenvalue weighted by atomic mass is 9.87. The minimum absolute atomic E-state index is 0.250. The third-order valence-corrected chi connectivity index (χ3v) is 4.81. The zero-order chi connectivity index (χ0) is 20.2. The van der Waals surface area contributed by atoms with E-state index in [0.717, 1.165) is 17.5 Å². The quantitative estimate of drug-likeness (QED) is 0.697. The van der Waals surface area contributed by atoms with E-state index >= 15 is 0 Å². The summed E-state index contributed by atoms with van der Waals surface area (Å²) in [6.45, 7) is 5.77. The number of rotatable bonds is 4. The van der Waals surface area contributed by atoms with Crippen LogP contribution in [0.2, 0.25) is 5.02 Å². The summed E-state index contributed by atoms with van der Waals surface area (Å²) in [6.07, 6.45) is 0.531. The van der Waals surface area contributed by atoms with Crippen LogP contribution in [0.4, 0.5) is 5.69 Å². The third kappa shape index (κ3) is 4.21. The van der Waals surface area contributed by atoms with E-state index in [0.29, 0.717) is 11.3 Å². The summed E-state index contributed by atoms with van der Waals surface area (Å²) < 4.78 is 0. The first-order valence-electron chi connectivity index (χ1n) is 8.84. The van der Waals surface area contributed by atoms with Gasteiger partial charge in [0.25, 0.3) is 5.91 Å². The molecule has 5 nitrogen and oxygen atoms in total. The average molecular weight is 390 g/mol. The molecule has 0 aromatic heterocycles. The van der Waals surface area contributed by atoms with Crippen LogP contribution >= 0.6 is 11.6 Å². The van der Waals surface area contributed by atoms with Crippen LogP contribution in [0.25, 0.3) is 0 Å². The molecule has 1 amide bonds. The topological polar surface area (TPSA) is 86.6 Å². The van der Waals surface area contributed by atoms with Gasteiger partial charge in [-0.25, -0.2) is 0 Å². The number of carbonyl (C=O) groups is 2. The molecule has 1 unspecified atom stereocenters.